The van der Waals surface area contributed by atoms with Gasteiger partial charge in [0.2, 0.25) is 0 Å². The number of halogens is 2. The van der Waals surface area contributed by atoms with Gasteiger partial charge < -0.3 is 4.57 Å². The molecule has 2 aromatic carbocycles. The highest BCUT2D eigenvalue weighted by Gasteiger charge is 2.42. The Balaban J connectivity index is 2.04. The van der Waals surface area contributed by atoms with Crippen LogP contribution in [0.15, 0.2) is 54.6 Å². The lowest BCUT2D eigenvalue weighted by molar-refractivity contribution is 0.0732. The number of carbonyl (C=O) groups is 2. The van der Waals surface area contributed by atoms with Gasteiger partial charge in [-0.05, 0) is 48.0 Å². The molecule has 136 valence electrons. The summed E-state index contributed by atoms with van der Waals surface area (Å²) < 4.78 is 1.86. The van der Waals surface area contributed by atoms with Crippen LogP contribution < -0.4 is 0 Å². The normalized spacial score (nSPS) is 15.7. The molecule has 1 heterocycles. The first-order chi connectivity index (χ1) is 12.8. The van der Waals surface area contributed by atoms with Gasteiger partial charge in [-0.15, -0.1) is 0 Å². The minimum absolute atomic E-state index is 0.0162. The average molecular weight is 398 g/mol. The maximum absolute atomic E-state index is 13.2. The van der Waals surface area contributed by atoms with Crippen molar-refractivity contribution in [1.29, 1.82) is 0 Å². The number of benzene rings is 2. The molecule has 27 heavy (non-hydrogen) atoms. The molecule has 1 aliphatic rings. The van der Waals surface area contributed by atoms with Gasteiger partial charge in [0.25, 0.3) is 0 Å². The third kappa shape index (κ3) is 3.01. The molecule has 0 radical (unpaired) electrons. The smallest absolute Gasteiger partial charge is 0.186 e. The molecule has 0 spiro atoms. The van der Waals surface area contributed by atoms with Crippen LogP contribution in [-0.2, 0) is 0 Å². The van der Waals surface area contributed by atoms with E-state index >= 15 is 0 Å². The number of nitrogens with zero attached hydrogens (tertiary/aromatic N) is 1. The summed E-state index contributed by atoms with van der Waals surface area (Å²) in [5.74, 6) is -0.0511. The Labute approximate surface area is 167 Å². The molecule has 0 saturated heterocycles. The van der Waals surface area contributed by atoms with Gasteiger partial charge in [-0.3, -0.25) is 9.59 Å². The number of rotatable bonds is 2. The molecule has 0 saturated carbocycles. The summed E-state index contributed by atoms with van der Waals surface area (Å²) in [5.41, 5.74) is 2.61. The molecule has 0 unspecified atom stereocenters. The molecular weight excluding hydrogens is 381 g/mol. The van der Waals surface area contributed by atoms with E-state index in [1.165, 1.54) is 0 Å². The summed E-state index contributed by atoms with van der Waals surface area (Å²) in [6, 6.07) is 16.4. The van der Waals surface area contributed by atoms with Gasteiger partial charge >= 0.3 is 0 Å². The number of ketones is 2. The van der Waals surface area contributed by atoms with E-state index in [1.807, 2.05) is 48.7 Å². The fourth-order valence-corrected chi connectivity index (χ4v) is 3.79. The number of carbonyl (C=O) groups excluding carboxylic acids is 2. The number of fused-ring (bicyclic) bond motifs is 1. The van der Waals surface area contributed by atoms with Crippen molar-refractivity contribution < 1.29 is 9.59 Å². The Bertz CT molecular complexity index is 1060. The molecule has 4 rings (SSSR count). The van der Waals surface area contributed by atoms with Crippen LogP contribution in [0.2, 0.25) is 10.0 Å². The molecule has 3 nitrogen and oxygen atoms in total. The molecule has 0 atom stereocenters. The second-order valence-corrected chi connectivity index (χ2v) is 8.30. The van der Waals surface area contributed by atoms with Gasteiger partial charge in [0, 0.05) is 33.1 Å². The monoisotopic (exact) mass is 397 g/mol. The van der Waals surface area contributed by atoms with Gasteiger partial charge in [-0.1, -0.05) is 49.2 Å². The van der Waals surface area contributed by atoms with E-state index < -0.39 is 5.41 Å². The second-order valence-electron chi connectivity index (χ2n) is 7.42. The summed E-state index contributed by atoms with van der Waals surface area (Å²) in [4.78, 5) is 26.0. The minimum atomic E-state index is -0.732. The van der Waals surface area contributed by atoms with E-state index in [-0.39, 0.29) is 18.0 Å². The van der Waals surface area contributed by atoms with Crippen molar-refractivity contribution in [3.63, 3.8) is 0 Å². The van der Waals surface area contributed by atoms with Crippen LogP contribution in [0.25, 0.3) is 16.9 Å². The molecule has 0 bridgehead atoms. The average Bonchev–Trinajstić information content (AvgIpc) is 3.02. The van der Waals surface area contributed by atoms with Gasteiger partial charge in [-0.2, -0.15) is 0 Å². The van der Waals surface area contributed by atoms with Crippen molar-refractivity contribution in [3.8, 4) is 16.9 Å². The van der Waals surface area contributed by atoms with E-state index in [4.69, 9.17) is 23.2 Å². The minimum Gasteiger partial charge on any atom is -0.306 e. The van der Waals surface area contributed by atoms with E-state index in [1.54, 1.807) is 24.3 Å². The van der Waals surface area contributed by atoms with E-state index in [0.717, 1.165) is 16.9 Å². The Morgan fingerprint density at radius 3 is 2.04 bits per heavy atom. The van der Waals surface area contributed by atoms with Gasteiger partial charge in [0.1, 0.15) is 5.69 Å². The number of hydrogen-bond acceptors (Lipinski definition) is 2. The summed E-state index contributed by atoms with van der Waals surface area (Å²) in [6.07, 6.45) is 0.212. The van der Waals surface area contributed by atoms with Crippen LogP contribution in [-0.4, -0.2) is 16.1 Å². The fourth-order valence-electron chi connectivity index (χ4n) is 3.54. The number of hydrogen-bond donors (Lipinski definition) is 0. The Hall–Kier alpha value is -2.36. The van der Waals surface area contributed by atoms with Crippen LogP contribution in [0.3, 0.4) is 0 Å². The Kier molecular flexibility index (Phi) is 4.25. The van der Waals surface area contributed by atoms with E-state index in [2.05, 4.69) is 0 Å². The zero-order valence-electron chi connectivity index (χ0n) is 14.9. The SMILES string of the molecule is CC1(C)CC(=O)c2cc(-c3ccc(Cl)cc3)n(-c3ccc(Cl)cc3)c2C1=O. The van der Waals surface area contributed by atoms with Gasteiger partial charge in [-0.25, -0.2) is 0 Å². The topological polar surface area (TPSA) is 39.1 Å². The molecule has 0 fully saturated rings. The van der Waals surface area contributed by atoms with Crippen molar-refractivity contribution in [3.05, 3.63) is 75.9 Å². The lowest BCUT2D eigenvalue weighted by atomic mass is 9.75. The van der Waals surface area contributed by atoms with Crippen molar-refractivity contribution >= 4 is 34.8 Å². The molecule has 0 amide bonds. The van der Waals surface area contributed by atoms with Crippen molar-refractivity contribution in [2.45, 2.75) is 20.3 Å². The first-order valence-corrected chi connectivity index (χ1v) is 9.39. The lowest BCUT2D eigenvalue weighted by Crippen LogP contribution is -2.35. The molecule has 1 aliphatic carbocycles. The maximum atomic E-state index is 13.2. The fraction of sp³-hybridized carbons (Fsp3) is 0.182. The first-order valence-electron chi connectivity index (χ1n) is 8.63. The zero-order chi connectivity index (χ0) is 19.3. The lowest BCUT2D eigenvalue weighted by Gasteiger charge is -2.28. The molecule has 1 aromatic heterocycles. The summed E-state index contributed by atoms with van der Waals surface area (Å²) in [5, 5.41) is 1.23. The first kappa shape index (κ1) is 18.0. The summed E-state index contributed by atoms with van der Waals surface area (Å²) in [7, 11) is 0. The quantitative estimate of drug-likeness (QED) is 0.512. The van der Waals surface area contributed by atoms with Crippen LogP contribution >= 0.6 is 23.2 Å². The maximum Gasteiger partial charge on any atom is 0.186 e. The molecule has 0 N–H and O–H groups in total. The highest BCUT2D eigenvalue weighted by Crippen LogP contribution is 2.40. The molecule has 5 heteroatoms. The van der Waals surface area contributed by atoms with Crippen molar-refractivity contribution in [1.82, 2.24) is 4.57 Å². The summed E-state index contributed by atoms with van der Waals surface area (Å²) >= 11 is 12.1. The largest absolute Gasteiger partial charge is 0.306 e. The summed E-state index contributed by atoms with van der Waals surface area (Å²) in [6.45, 7) is 3.63. The van der Waals surface area contributed by atoms with E-state index in [9.17, 15) is 9.59 Å². The molecule has 3 aromatic rings. The predicted molar refractivity (Wildman–Crippen MR) is 108 cm³/mol. The van der Waals surface area contributed by atoms with Crippen molar-refractivity contribution in [2.75, 3.05) is 0 Å². The zero-order valence-corrected chi connectivity index (χ0v) is 16.4. The van der Waals surface area contributed by atoms with Crippen LogP contribution in [0.5, 0.6) is 0 Å². The van der Waals surface area contributed by atoms with Gasteiger partial charge in [0.05, 0.1) is 5.69 Å². The molecule has 0 aliphatic heterocycles. The van der Waals surface area contributed by atoms with Crippen LogP contribution in [0.1, 0.15) is 41.1 Å². The Morgan fingerprint density at radius 2 is 1.44 bits per heavy atom. The second kappa shape index (κ2) is 6.36. The van der Waals surface area contributed by atoms with Crippen molar-refractivity contribution in [2.24, 2.45) is 5.41 Å². The van der Waals surface area contributed by atoms with Crippen LogP contribution in [0.4, 0.5) is 0 Å². The predicted octanol–water partition coefficient (Wildman–Crippen LogP) is 6.25. The highest BCUT2D eigenvalue weighted by molar-refractivity contribution is 6.31. The highest BCUT2D eigenvalue weighted by atomic mass is 35.5. The third-order valence-corrected chi connectivity index (χ3v) is 5.46. The van der Waals surface area contributed by atoms with E-state index in [0.29, 0.717) is 21.3 Å². The number of aromatic nitrogens is 1. The van der Waals surface area contributed by atoms with Gasteiger partial charge in [0.15, 0.2) is 11.6 Å². The van der Waals surface area contributed by atoms with Crippen LogP contribution in [0, 0.1) is 5.41 Å². The number of Topliss-reactive ketones (excluding diaryl/α,β-unsaturated/α-hetero) is 2. The molecular formula is C22H17Cl2NO2. The standard InChI is InChI=1S/C22H17Cl2NO2/c1-22(2)12-19(26)17-11-18(13-3-5-14(23)6-4-13)25(20(17)21(22)27)16-9-7-15(24)8-10-16/h3-11H,12H2,1-2H3. The third-order valence-electron chi connectivity index (χ3n) is 4.96. The Morgan fingerprint density at radius 1 is 0.889 bits per heavy atom.